The number of carbonyl (C=O) groups excluding carboxylic acids is 1. The van der Waals surface area contributed by atoms with Crippen LogP contribution in [-0.4, -0.2) is 36.5 Å². The average Bonchev–Trinajstić information content (AvgIpc) is 3.20. The summed E-state index contributed by atoms with van der Waals surface area (Å²) in [4.78, 5) is 14.8. The summed E-state index contributed by atoms with van der Waals surface area (Å²) in [5.41, 5.74) is 0.663. The minimum atomic E-state index is -0.00760. The quantitative estimate of drug-likeness (QED) is 0.923. The second kappa shape index (κ2) is 6.46. The molecular weight excluding hydrogens is 324 g/mol. The smallest absolute Gasteiger partial charge is 0.251 e. The number of carbonyl (C=O) groups is 1. The Morgan fingerprint density at radius 2 is 1.71 bits per heavy atom. The third-order valence-electron chi connectivity index (χ3n) is 4.82. The van der Waals surface area contributed by atoms with Crippen molar-refractivity contribution >= 4 is 17.5 Å². The van der Waals surface area contributed by atoms with E-state index in [1.165, 1.54) is 13.0 Å². The van der Waals surface area contributed by atoms with Gasteiger partial charge in [0.1, 0.15) is 11.5 Å². The Labute approximate surface area is 146 Å². The summed E-state index contributed by atoms with van der Waals surface area (Å²) in [6.45, 7) is 3.28. The number of amides is 1. The van der Waals surface area contributed by atoms with E-state index in [1.54, 1.807) is 24.3 Å². The molecule has 2 aromatic rings. The maximum atomic E-state index is 12.4. The first kappa shape index (κ1) is 15.5. The highest BCUT2D eigenvalue weighted by molar-refractivity contribution is 6.30. The SMILES string of the molecule is O=C(NC1CN2CC[C@H]1C2)c1ccc(Oc2ccc(Cl)cc2)cc1. The predicted molar refractivity (Wildman–Crippen MR) is 93.8 cm³/mol. The number of hydrogen-bond donors (Lipinski definition) is 1. The molecule has 4 rings (SSSR count). The average molecular weight is 343 g/mol. The van der Waals surface area contributed by atoms with Gasteiger partial charge in [0.15, 0.2) is 0 Å². The van der Waals surface area contributed by atoms with Crippen LogP contribution in [0.2, 0.25) is 5.02 Å². The maximum absolute atomic E-state index is 12.4. The summed E-state index contributed by atoms with van der Waals surface area (Å²) >= 11 is 5.86. The molecule has 2 heterocycles. The second-order valence-corrected chi connectivity index (χ2v) is 6.91. The Hall–Kier alpha value is -2.04. The van der Waals surface area contributed by atoms with Gasteiger partial charge in [0, 0.05) is 29.7 Å². The third-order valence-corrected chi connectivity index (χ3v) is 5.07. The molecule has 1 amide bonds. The van der Waals surface area contributed by atoms with Crippen molar-refractivity contribution in [2.24, 2.45) is 5.92 Å². The molecule has 0 spiro atoms. The van der Waals surface area contributed by atoms with Gasteiger partial charge in [-0.25, -0.2) is 0 Å². The molecular formula is C19H19ClN2O2. The molecule has 5 heteroatoms. The van der Waals surface area contributed by atoms with E-state index < -0.39 is 0 Å². The number of ether oxygens (including phenoxy) is 1. The molecule has 0 aliphatic carbocycles. The zero-order chi connectivity index (χ0) is 16.5. The van der Waals surface area contributed by atoms with Gasteiger partial charge < -0.3 is 15.0 Å². The number of halogens is 1. The van der Waals surface area contributed by atoms with Crippen LogP contribution in [-0.2, 0) is 0 Å². The van der Waals surface area contributed by atoms with E-state index >= 15 is 0 Å². The molecule has 2 fully saturated rings. The predicted octanol–water partition coefficient (Wildman–Crippen LogP) is 3.57. The minimum absolute atomic E-state index is 0.00760. The zero-order valence-electron chi connectivity index (χ0n) is 13.2. The summed E-state index contributed by atoms with van der Waals surface area (Å²) < 4.78 is 5.74. The van der Waals surface area contributed by atoms with Crippen LogP contribution in [0.1, 0.15) is 16.8 Å². The molecule has 2 aliphatic rings. The van der Waals surface area contributed by atoms with E-state index in [1.807, 2.05) is 24.3 Å². The van der Waals surface area contributed by atoms with Crippen LogP contribution in [0.5, 0.6) is 11.5 Å². The molecule has 24 heavy (non-hydrogen) atoms. The van der Waals surface area contributed by atoms with Crippen molar-refractivity contribution in [2.75, 3.05) is 19.6 Å². The van der Waals surface area contributed by atoms with Gasteiger partial charge in [0.05, 0.1) is 0 Å². The van der Waals surface area contributed by atoms with Crippen molar-refractivity contribution in [3.05, 3.63) is 59.1 Å². The number of rotatable bonds is 4. The van der Waals surface area contributed by atoms with E-state index in [0.29, 0.717) is 28.0 Å². The van der Waals surface area contributed by atoms with Crippen LogP contribution in [0.15, 0.2) is 48.5 Å². The van der Waals surface area contributed by atoms with E-state index in [4.69, 9.17) is 16.3 Å². The van der Waals surface area contributed by atoms with Crippen molar-refractivity contribution in [3.63, 3.8) is 0 Å². The molecule has 2 aromatic carbocycles. The fourth-order valence-electron chi connectivity index (χ4n) is 3.51. The zero-order valence-corrected chi connectivity index (χ0v) is 14.0. The van der Waals surface area contributed by atoms with Crippen molar-refractivity contribution in [1.82, 2.24) is 10.2 Å². The number of piperidine rings is 1. The van der Waals surface area contributed by atoms with Crippen LogP contribution in [0.3, 0.4) is 0 Å². The number of fused-ring (bicyclic) bond motifs is 2. The minimum Gasteiger partial charge on any atom is -0.457 e. The third kappa shape index (κ3) is 3.25. The molecule has 4 nitrogen and oxygen atoms in total. The van der Waals surface area contributed by atoms with Crippen LogP contribution >= 0.6 is 11.6 Å². The number of hydrogen-bond acceptors (Lipinski definition) is 3. The van der Waals surface area contributed by atoms with Crippen LogP contribution in [0, 0.1) is 5.92 Å². The highest BCUT2D eigenvalue weighted by Gasteiger charge is 2.38. The summed E-state index contributed by atoms with van der Waals surface area (Å²) in [6.07, 6.45) is 1.19. The molecule has 124 valence electrons. The van der Waals surface area contributed by atoms with E-state index in [0.717, 1.165) is 13.1 Å². The van der Waals surface area contributed by atoms with E-state index in [9.17, 15) is 4.79 Å². The standard InChI is InChI=1S/C19H19ClN2O2/c20-15-3-7-17(8-4-15)24-16-5-1-13(2-6-16)19(23)21-18-12-22-10-9-14(18)11-22/h1-8,14,18H,9-12H2,(H,21,23)/t14-,18?/m0/s1. The number of benzene rings is 2. The lowest BCUT2D eigenvalue weighted by atomic mass is 9.99. The topological polar surface area (TPSA) is 41.6 Å². The molecule has 1 N–H and O–H groups in total. The first-order chi connectivity index (χ1) is 11.7. The number of nitrogens with zero attached hydrogens (tertiary/aromatic N) is 1. The summed E-state index contributed by atoms with van der Waals surface area (Å²) in [6, 6.07) is 14.7. The molecule has 2 unspecified atom stereocenters. The fraction of sp³-hybridized carbons (Fsp3) is 0.316. The van der Waals surface area contributed by atoms with Crippen LogP contribution in [0.4, 0.5) is 0 Å². The summed E-state index contributed by atoms with van der Waals surface area (Å²) in [5.74, 6) is 2.01. The van der Waals surface area contributed by atoms with Gasteiger partial charge in [-0.1, -0.05) is 11.6 Å². The van der Waals surface area contributed by atoms with Gasteiger partial charge in [0.25, 0.3) is 5.91 Å². The molecule has 2 aliphatic heterocycles. The Morgan fingerprint density at radius 1 is 1.04 bits per heavy atom. The van der Waals surface area contributed by atoms with Crippen molar-refractivity contribution in [3.8, 4) is 11.5 Å². The Morgan fingerprint density at radius 3 is 2.29 bits per heavy atom. The van der Waals surface area contributed by atoms with E-state index in [-0.39, 0.29) is 11.9 Å². The fourth-order valence-corrected chi connectivity index (χ4v) is 3.64. The molecule has 0 aromatic heterocycles. The normalized spacial score (nSPS) is 24.8. The lowest BCUT2D eigenvalue weighted by Gasteiger charge is -2.23. The van der Waals surface area contributed by atoms with Crippen LogP contribution in [0.25, 0.3) is 0 Å². The highest BCUT2D eigenvalue weighted by atomic mass is 35.5. The molecule has 0 saturated carbocycles. The number of nitrogens with one attached hydrogen (secondary N) is 1. The monoisotopic (exact) mass is 342 g/mol. The summed E-state index contributed by atoms with van der Waals surface area (Å²) in [7, 11) is 0. The van der Waals surface area contributed by atoms with Crippen molar-refractivity contribution in [2.45, 2.75) is 12.5 Å². The lowest BCUT2D eigenvalue weighted by Crippen LogP contribution is -2.43. The van der Waals surface area contributed by atoms with Gasteiger partial charge in [0.2, 0.25) is 0 Å². The van der Waals surface area contributed by atoms with Gasteiger partial charge >= 0.3 is 0 Å². The second-order valence-electron chi connectivity index (χ2n) is 6.47. The van der Waals surface area contributed by atoms with E-state index in [2.05, 4.69) is 10.2 Å². The van der Waals surface area contributed by atoms with Crippen molar-refractivity contribution < 1.29 is 9.53 Å². The molecule has 3 atom stereocenters. The van der Waals surface area contributed by atoms with Gasteiger partial charge in [-0.3, -0.25) is 4.79 Å². The Bertz CT molecular complexity index is 730. The first-order valence-electron chi connectivity index (χ1n) is 8.24. The first-order valence-corrected chi connectivity index (χ1v) is 8.62. The van der Waals surface area contributed by atoms with Crippen LogP contribution < -0.4 is 10.1 Å². The Kier molecular flexibility index (Phi) is 4.17. The molecule has 0 radical (unpaired) electrons. The molecule has 2 bridgehead atoms. The van der Waals surface area contributed by atoms with Gasteiger partial charge in [-0.2, -0.15) is 0 Å². The summed E-state index contributed by atoms with van der Waals surface area (Å²) in [5, 5.41) is 3.84. The Balaban J connectivity index is 1.38. The van der Waals surface area contributed by atoms with Crippen molar-refractivity contribution in [1.29, 1.82) is 0 Å². The maximum Gasteiger partial charge on any atom is 0.251 e. The molecule has 2 saturated heterocycles. The largest absolute Gasteiger partial charge is 0.457 e. The van der Waals surface area contributed by atoms with Gasteiger partial charge in [-0.05, 0) is 67.4 Å². The van der Waals surface area contributed by atoms with Gasteiger partial charge in [-0.15, -0.1) is 0 Å². The lowest BCUT2D eigenvalue weighted by molar-refractivity contribution is 0.0924. The highest BCUT2D eigenvalue weighted by Crippen LogP contribution is 2.28.